The van der Waals surface area contributed by atoms with Gasteiger partial charge >= 0.3 is 11.8 Å². The van der Waals surface area contributed by atoms with E-state index in [2.05, 4.69) is 5.32 Å². The van der Waals surface area contributed by atoms with Gasteiger partial charge in [0.15, 0.2) is 5.75 Å². The van der Waals surface area contributed by atoms with Crippen LogP contribution in [-0.2, 0) is 23.8 Å². The number of fused-ring (bicyclic) bond motifs is 14. The van der Waals surface area contributed by atoms with E-state index < -0.39 is 93.4 Å². The monoisotopic (exact) mass is 801 g/mol. The summed E-state index contributed by atoms with van der Waals surface area (Å²) in [4.78, 5) is 40.3. The zero-order valence-electron chi connectivity index (χ0n) is 32.4. The number of rotatable bonds is 3. The summed E-state index contributed by atoms with van der Waals surface area (Å²) in [6.07, 6.45) is 3.74. The number of nitrogens with one attached hydrogen (secondary N) is 1. The van der Waals surface area contributed by atoms with Crippen LogP contribution in [0.1, 0.15) is 74.5 Å². The van der Waals surface area contributed by atoms with Crippen LogP contribution in [0.5, 0.6) is 23.0 Å². The highest BCUT2D eigenvalue weighted by Crippen LogP contribution is 2.60. The Morgan fingerprint density at radius 1 is 0.927 bits per heavy atom. The molecule has 13 nitrogen and oxygen atoms in total. The van der Waals surface area contributed by atoms with Crippen LogP contribution in [-0.4, -0.2) is 92.0 Å². The predicted octanol–water partition coefficient (Wildman–Crippen LogP) is 6.23. The largest absolute Gasteiger partial charge is 0.507 e. The molecule has 15 heteroatoms. The molecule has 9 atom stereocenters. The molecule has 0 saturated carbocycles. The summed E-state index contributed by atoms with van der Waals surface area (Å²) in [5.41, 5.74) is 0.263. The van der Waals surface area contributed by atoms with Crippen molar-refractivity contribution < 1.29 is 58.9 Å². The number of ketones is 1. The number of aliphatic hydroxyl groups excluding tert-OH is 2. The number of Topliss-reactive ketones (excluding diaryl/α,β-unsaturated/α-hetero) is 1. The molecule has 1 amide bonds. The van der Waals surface area contributed by atoms with Crippen molar-refractivity contribution >= 4 is 57.6 Å². The van der Waals surface area contributed by atoms with Crippen molar-refractivity contribution in [1.82, 2.24) is 0 Å². The zero-order chi connectivity index (χ0) is 40.7. The lowest BCUT2D eigenvalue weighted by molar-refractivity contribution is -0.160. The van der Waals surface area contributed by atoms with Crippen LogP contribution in [0.4, 0.5) is 5.69 Å². The second kappa shape index (κ2) is 16.7. The number of anilines is 1. The number of phenolic OH excluding ortho intramolecular Hbond substituents is 3. The molecule has 4 aliphatic heterocycles. The third-order valence-corrected chi connectivity index (χ3v) is 13.9. The third kappa shape index (κ3) is 7.91. The molecule has 0 aromatic heterocycles. The van der Waals surface area contributed by atoms with E-state index in [4.69, 9.17) is 18.9 Å². The minimum atomic E-state index is -2.00. The number of allylic oxidation sites excluding steroid dienone is 2. The number of aliphatic hydroxyl groups is 2. The molecule has 0 aliphatic carbocycles. The summed E-state index contributed by atoms with van der Waals surface area (Å²) in [5.74, 6) is -6.31. The molecule has 4 heterocycles. The maximum absolute atomic E-state index is 14.3. The molecular formula is C40H51NO12S2. The molecular weight excluding hydrogens is 751 g/mol. The van der Waals surface area contributed by atoms with Gasteiger partial charge in [-0.2, -0.15) is 0 Å². The first-order valence-corrected chi connectivity index (χ1v) is 20.3. The normalized spacial score (nSPS) is 31.0. The first-order chi connectivity index (χ1) is 25.9. The van der Waals surface area contributed by atoms with Crippen molar-refractivity contribution in [3.8, 4) is 23.0 Å². The van der Waals surface area contributed by atoms with Gasteiger partial charge in [-0.05, 0) is 19.9 Å². The van der Waals surface area contributed by atoms with E-state index in [1.807, 2.05) is 0 Å². The van der Waals surface area contributed by atoms with E-state index in [0.717, 1.165) is 11.5 Å². The Balaban J connectivity index is 1.70. The Labute approximate surface area is 329 Å². The second-order valence-electron chi connectivity index (χ2n) is 14.7. The van der Waals surface area contributed by atoms with E-state index in [1.54, 1.807) is 46.8 Å². The number of hydrogen-bond acceptors (Lipinski definition) is 14. The maximum Gasteiger partial charge on any atom is 0.312 e. The highest BCUT2D eigenvalue weighted by Gasteiger charge is 2.50. The van der Waals surface area contributed by atoms with E-state index >= 15 is 0 Å². The van der Waals surface area contributed by atoms with Gasteiger partial charge < -0.3 is 49.8 Å². The lowest BCUT2D eigenvalue weighted by atomic mass is 9.78. The van der Waals surface area contributed by atoms with Crippen LogP contribution in [0.3, 0.4) is 0 Å². The number of carbonyl (C=O) groups is 3. The molecule has 4 aliphatic rings. The minimum absolute atomic E-state index is 0.0499. The van der Waals surface area contributed by atoms with Gasteiger partial charge in [0, 0.05) is 78.2 Å². The molecule has 0 spiro atoms. The molecule has 5 bridgehead atoms. The van der Waals surface area contributed by atoms with Crippen molar-refractivity contribution in [2.24, 2.45) is 23.7 Å². The molecule has 6 rings (SSSR count). The van der Waals surface area contributed by atoms with Crippen LogP contribution in [0.2, 0.25) is 0 Å². The SMILES string of the molecule is CO[C@@H]1C=CO[C@@]2(C)Oc3c(C)c(O)c4c(O)c(c(C5SCCS5)c(O)c4c3C2=O)NC(=O)C(C)=CC=C[C@H](C)[C@H](O)[C@H](C)[C@H](O)[C@H](C)[C@H](OC(C)=O)[C@H]1C. The van der Waals surface area contributed by atoms with E-state index in [-0.39, 0.29) is 44.5 Å². The standard InChI is InChI=1S/C40H51NO12S2/c1-17-11-10-12-18(2)38(49)41-29-28(39-54-15-16-55-39)33(46)25-26(34(29)47)32(45)22(6)36-27(25)37(48)40(8,53-36)51-14-13-24(50-9)19(3)35(52-23(7)42)21(5)31(44)20(4)30(17)43/h10-14,17,19-21,24,30-31,35,39,43-47H,15-16H2,1-9H3,(H,41,49)/t17-,19-,20-,21-,24+,30-,31-,35+,40-/m0/s1. The second-order valence-corrected chi connectivity index (χ2v) is 17.4. The fourth-order valence-electron chi connectivity index (χ4n) is 7.50. The Morgan fingerprint density at radius 3 is 2.20 bits per heavy atom. The number of phenols is 3. The lowest BCUT2D eigenvalue weighted by Crippen LogP contribution is -2.46. The summed E-state index contributed by atoms with van der Waals surface area (Å²) in [6, 6.07) is 0. The number of amides is 1. The van der Waals surface area contributed by atoms with E-state index in [9.17, 15) is 39.9 Å². The number of benzene rings is 2. The predicted molar refractivity (Wildman–Crippen MR) is 211 cm³/mol. The Kier molecular flexibility index (Phi) is 12.8. The Bertz CT molecular complexity index is 1940. The van der Waals surface area contributed by atoms with Crippen molar-refractivity contribution in [1.29, 1.82) is 0 Å². The van der Waals surface area contributed by atoms with Crippen molar-refractivity contribution in [3.05, 3.63) is 52.8 Å². The zero-order valence-corrected chi connectivity index (χ0v) is 34.0. The molecule has 0 radical (unpaired) electrons. The summed E-state index contributed by atoms with van der Waals surface area (Å²) in [5, 5.41) is 60.6. The number of aromatic hydroxyl groups is 3. The van der Waals surface area contributed by atoms with Gasteiger partial charge in [-0.1, -0.05) is 45.9 Å². The minimum Gasteiger partial charge on any atom is -0.507 e. The van der Waals surface area contributed by atoms with Gasteiger partial charge in [0.25, 0.3) is 11.7 Å². The first-order valence-electron chi connectivity index (χ1n) is 18.2. The van der Waals surface area contributed by atoms with E-state index in [0.29, 0.717) is 0 Å². The molecule has 1 fully saturated rings. The van der Waals surface area contributed by atoms with Gasteiger partial charge in [0.1, 0.15) is 23.4 Å². The number of ether oxygens (including phenoxy) is 4. The average Bonchev–Trinajstić information content (AvgIpc) is 3.77. The van der Waals surface area contributed by atoms with Crippen LogP contribution >= 0.6 is 23.5 Å². The van der Waals surface area contributed by atoms with Crippen LogP contribution in [0, 0.1) is 30.6 Å². The number of hydrogen-bond donors (Lipinski definition) is 6. The number of thioether (sulfide) groups is 2. The van der Waals surface area contributed by atoms with Gasteiger partial charge in [-0.25, -0.2) is 0 Å². The number of methoxy groups -OCH3 is 1. The fraction of sp³-hybridized carbons (Fsp3) is 0.525. The van der Waals surface area contributed by atoms with Crippen LogP contribution < -0.4 is 10.1 Å². The fourth-order valence-corrected chi connectivity index (χ4v) is 10.5. The molecule has 1 saturated heterocycles. The molecule has 2 aromatic rings. The highest BCUT2D eigenvalue weighted by molar-refractivity contribution is 8.19. The Morgan fingerprint density at radius 2 is 1.58 bits per heavy atom. The van der Waals surface area contributed by atoms with Crippen molar-refractivity contribution in [2.75, 3.05) is 23.9 Å². The molecule has 300 valence electrons. The molecule has 0 unspecified atom stereocenters. The van der Waals surface area contributed by atoms with Gasteiger partial charge in [0.2, 0.25) is 0 Å². The lowest BCUT2D eigenvalue weighted by Gasteiger charge is -2.38. The molecule has 2 aromatic carbocycles. The smallest absolute Gasteiger partial charge is 0.312 e. The summed E-state index contributed by atoms with van der Waals surface area (Å²) < 4.78 is 23.1. The summed E-state index contributed by atoms with van der Waals surface area (Å²) >= 11 is 2.98. The van der Waals surface area contributed by atoms with Crippen LogP contribution in [0.25, 0.3) is 10.8 Å². The number of carbonyl (C=O) groups excluding carboxylic acids is 3. The van der Waals surface area contributed by atoms with E-state index in [1.165, 1.54) is 69.8 Å². The topological polar surface area (TPSA) is 201 Å². The van der Waals surface area contributed by atoms with Crippen molar-refractivity contribution in [2.45, 2.75) is 90.2 Å². The van der Waals surface area contributed by atoms with Crippen molar-refractivity contribution in [3.63, 3.8) is 0 Å². The average molecular weight is 802 g/mol. The van der Waals surface area contributed by atoms with Gasteiger partial charge in [-0.15, -0.1) is 23.5 Å². The quantitative estimate of drug-likeness (QED) is 0.116. The van der Waals surface area contributed by atoms with Crippen LogP contribution in [0.15, 0.2) is 36.1 Å². The van der Waals surface area contributed by atoms with Gasteiger partial charge in [-0.3, -0.25) is 14.4 Å². The van der Waals surface area contributed by atoms with Gasteiger partial charge in [0.05, 0.1) is 45.8 Å². The molecule has 6 N–H and O–H groups in total. The highest BCUT2D eigenvalue weighted by atomic mass is 32.2. The number of esters is 1. The Hall–Kier alpha value is -3.89. The summed E-state index contributed by atoms with van der Waals surface area (Å²) in [7, 11) is 1.44. The summed E-state index contributed by atoms with van der Waals surface area (Å²) in [6.45, 7) is 12.6. The first kappa shape index (κ1) is 42.3. The third-order valence-electron chi connectivity index (χ3n) is 10.9. The molecule has 55 heavy (non-hydrogen) atoms. The maximum atomic E-state index is 14.3.